The Bertz CT molecular complexity index is 698. The van der Waals surface area contributed by atoms with Gasteiger partial charge >= 0.3 is 11.9 Å². The van der Waals surface area contributed by atoms with Gasteiger partial charge in [-0.05, 0) is 62.1 Å². The quantitative estimate of drug-likeness (QED) is 0.446. The molecule has 2 rings (SSSR count). The van der Waals surface area contributed by atoms with Gasteiger partial charge in [0.1, 0.15) is 11.5 Å². The smallest absolute Gasteiger partial charge is 0.328 e. The van der Waals surface area contributed by atoms with Crippen molar-refractivity contribution in [3.05, 3.63) is 59.7 Å². The van der Waals surface area contributed by atoms with E-state index in [1.165, 1.54) is 13.8 Å². The first kappa shape index (κ1) is 18.7. The Hall–Kier alpha value is -2.62. The van der Waals surface area contributed by atoms with Crippen LogP contribution in [0.1, 0.15) is 38.8 Å². The number of aryl methyl sites for hydroxylation is 2. The van der Waals surface area contributed by atoms with Gasteiger partial charge in [-0.2, -0.15) is 0 Å². The van der Waals surface area contributed by atoms with Gasteiger partial charge in [0.15, 0.2) is 5.41 Å². The highest BCUT2D eigenvalue weighted by Gasteiger charge is 2.40. The van der Waals surface area contributed by atoms with Gasteiger partial charge in [-0.3, -0.25) is 9.59 Å². The van der Waals surface area contributed by atoms with Crippen molar-refractivity contribution in [1.29, 1.82) is 0 Å². The molecule has 0 atom stereocenters. The molecule has 0 unspecified atom stereocenters. The van der Waals surface area contributed by atoms with E-state index in [-0.39, 0.29) is 0 Å². The highest BCUT2D eigenvalue weighted by Crippen LogP contribution is 2.25. The van der Waals surface area contributed by atoms with Crippen molar-refractivity contribution in [1.82, 2.24) is 0 Å². The average Bonchev–Trinajstić information content (AvgIpc) is 2.61. The summed E-state index contributed by atoms with van der Waals surface area (Å²) in [5.41, 5.74) is 0.703. The highest BCUT2D eigenvalue weighted by molar-refractivity contribution is 6.00. The van der Waals surface area contributed by atoms with Crippen LogP contribution in [0, 0.1) is 5.41 Å². The minimum atomic E-state index is -1.41. The molecule has 0 fully saturated rings. The molecule has 4 nitrogen and oxygen atoms in total. The van der Waals surface area contributed by atoms with Gasteiger partial charge in [-0.25, -0.2) is 0 Å². The SMILES string of the molecule is CCc1cccc(OC(=O)C(C)(C)C(=O)Oc2cccc(CC)c2)c1. The Morgan fingerprint density at radius 2 is 1.20 bits per heavy atom. The van der Waals surface area contributed by atoms with Crippen molar-refractivity contribution in [2.45, 2.75) is 40.5 Å². The number of carbonyl (C=O) groups excluding carboxylic acids is 2. The number of hydrogen-bond donors (Lipinski definition) is 0. The maximum atomic E-state index is 12.5. The lowest BCUT2D eigenvalue weighted by molar-refractivity contribution is -0.158. The monoisotopic (exact) mass is 340 g/mol. The normalized spacial score (nSPS) is 11.0. The van der Waals surface area contributed by atoms with Crippen molar-refractivity contribution in [3.63, 3.8) is 0 Å². The molecule has 0 aromatic heterocycles. The van der Waals surface area contributed by atoms with E-state index in [9.17, 15) is 9.59 Å². The van der Waals surface area contributed by atoms with Crippen LogP contribution in [-0.2, 0) is 22.4 Å². The van der Waals surface area contributed by atoms with E-state index in [2.05, 4.69) is 0 Å². The molecule has 132 valence electrons. The lowest BCUT2D eigenvalue weighted by Gasteiger charge is -2.20. The molecule has 2 aromatic rings. The first-order valence-electron chi connectivity index (χ1n) is 8.49. The molecule has 2 aromatic carbocycles. The van der Waals surface area contributed by atoms with Crippen LogP contribution in [0.15, 0.2) is 48.5 Å². The molecular weight excluding hydrogens is 316 g/mol. The van der Waals surface area contributed by atoms with Gasteiger partial charge in [-0.1, -0.05) is 38.1 Å². The zero-order valence-electron chi connectivity index (χ0n) is 15.2. The van der Waals surface area contributed by atoms with Gasteiger partial charge < -0.3 is 9.47 Å². The van der Waals surface area contributed by atoms with E-state index >= 15 is 0 Å². The number of benzene rings is 2. The molecule has 0 spiro atoms. The number of ether oxygens (including phenoxy) is 2. The van der Waals surface area contributed by atoms with Crippen molar-refractivity contribution in [2.75, 3.05) is 0 Å². The largest absolute Gasteiger partial charge is 0.426 e. The lowest BCUT2D eigenvalue weighted by Crippen LogP contribution is -2.39. The molecule has 0 heterocycles. The molecule has 25 heavy (non-hydrogen) atoms. The summed E-state index contributed by atoms with van der Waals surface area (Å²) in [4.78, 5) is 24.9. The van der Waals surface area contributed by atoms with Crippen molar-refractivity contribution in [3.8, 4) is 11.5 Å². The second kappa shape index (κ2) is 7.97. The van der Waals surface area contributed by atoms with Crippen molar-refractivity contribution in [2.24, 2.45) is 5.41 Å². The number of rotatable bonds is 6. The average molecular weight is 340 g/mol. The predicted octanol–water partition coefficient (Wildman–Crippen LogP) is 4.35. The molecule has 0 bridgehead atoms. The van der Waals surface area contributed by atoms with Crippen LogP contribution in [0.3, 0.4) is 0 Å². The minimum Gasteiger partial charge on any atom is -0.426 e. The third kappa shape index (κ3) is 4.69. The van der Waals surface area contributed by atoms with Crippen LogP contribution in [-0.4, -0.2) is 11.9 Å². The molecule has 0 aliphatic rings. The molecule has 0 aliphatic carbocycles. The fraction of sp³-hybridized carbons (Fsp3) is 0.333. The molecule has 0 radical (unpaired) electrons. The van der Waals surface area contributed by atoms with Crippen molar-refractivity contribution < 1.29 is 19.1 Å². The Morgan fingerprint density at radius 3 is 1.56 bits per heavy atom. The number of carbonyl (C=O) groups is 2. The number of hydrogen-bond acceptors (Lipinski definition) is 4. The van der Waals surface area contributed by atoms with Crippen LogP contribution < -0.4 is 9.47 Å². The Labute approximate surface area is 148 Å². The van der Waals surface area contributed by atoms with Crippen LogP contribution >= 0.6 is 0 Å². The fourth-order valence-electron chi connectivity index (χ4n) is 2.21. The Balaban J connectivity index is 2.09. The molecule has 0 saturated heterocycles. The van der Waals surface area contributed by atoms with Gasteiger partial charge in [-0.15, -0.1) is 0 Å². The van der Waals surface area contributed by atoms with Gasteiger partial charge in [0.05, 0.1) is 0 Å². The maximum Gasteiger partial charge on any atom is 0.328 e. The Morgan fingerprint density at radius 1 is 0.800 bits per heavy atom. The zero-order valence-corrected chi connectivity index (χ0v) is 15.2. The summed E-state index contributed by atoms with van der Waals surface area (Å²) >= 11 is 0. The van der Waals surface area contributed by atoms with Crippen molar-refractivity contribution >= 4 is 11.9 Å². The second-order valence-corrected chi connectivity index (χ2v) is 6.41. The van der Waals surface area contributed by atoms with Gasteiger partial charge in [0.25, 0.3) is 0 Å². The van der Waals surface area contributed by atoms with E-state index < -0.39 is 17.4 Å². The number of esters is 2. The zero-order chi connectivity index (χ0) is 18.4. The van der Waals surface area contributed by atoms with E-state index in [0.29, 0.717) is 11.5 Å². The maximum absolute atomic E-state index is 12.5. The summed E-state index contributed by atoms with van der Waals surface area (Å²) in [5, 5.41) is 0. The molecule has 0 amide bonds. The molecule has 0 saturated carbocycles. The predicted molar refractivity (Wildman–Crippen MR) is 96.7 cm³/mol. The van der Waals surface area contributed by atoms with Crippen LogP contribution in [0.25, 0.3) is 0 Å². The van der Waals surface area contributed by atoms with E-state index in [4.69, 9.17) is 9.47 Å². The van der Waals surface area contributed by atoms with E-state index in [1.54, 1.807) is 24.3 Å². The summed E-state index contributed by atoms with van der Waals surface area (Å²) < 4.78 is 10.8. The Kier molecular flexibility index (Phi) is 5.97. The fourth-order valence-corrected chi connectivity index (χ4v) is 2.21. The standard InChI is InChI=1S/C21H24O4/c1-5-15-9-7-11-17(13-15)24-19(22)21(3,4)20(23)25-18-12-8-10-16(6-2)14-18/h7-14H,5-6H2,1-4H3. The van der Waals surface area contributed by atoms with Crippen LogP contribution in [0.2, 0.25) is 0 Å². The lowest BCUT2D eigenvalue weighted by atomic mass is 9.94. The van der Waals surface area contributed by atoms with Crippen LogP contribution in [0.5, 0.6) is 11.5 Å². The third-order valence-electron chi connectivity index (χ3n) is 4.06. The summed E-state index contributed by atoms with van der Waals surface area (Å²) in [6.07, 6.45) is 1.68. The van der Waals surface area contributed by atoms with Gasteiger partial charge in [0.2, 0.25) is 0 Å². The second-order valence-electron chi connectivity index (χ2n) is 6.41. The first-order chi connectivity index (χ1) is 11.9. The summed E-state index contributed by atoms with van der Waals surface area (Å²) in [6, 6.07) is 14.5. The third-order valence-corrected chi connectivity index (χ3v) is 4.06. The van der Waals surface area contributed by atoms with Gasteiger partial charge in [0, 0.05) is 0 Å². The molecular formula is C21H24O4. The van der Waals surface area contributed by atoms with E-state index in [1.807, 2.05) is 38.1 Å². The topological polar surface area (TPSA) is 52.6 Å². The minimum absolute atomic E-state index is 0.429. The highest BCUT2D eigenvalue weighted by atomic mass is 16.6. The summed E-state index contributed by atoms with van der Waals surface area (Å²) in [5.74, 6) is -0.425. The molecule has 4 heteroatoms. The summed E-state index contributed by atoms with van der Waals surface area (Å²) in [6.45, 7) is 7.05. The first-order valence-corrected chi connectivity index (χ1v) is 8.49. The van der Waals surface area contributed by atoms with Crippen LogP contribution in [0.4, 0.5) is 0 Å². The summed E-state index contributed by atoms with van der Waals surface area (Å²) in [7, 11) is 0. The molecule has 0 N–H and O–H groups in total. The van der Waals surface area contributed by atoms with E-state index in [0.717, 1.165) is 24.0 Å². The molecule has 0 aliphatic heterocycles.